The van der Waals surface area contributed by atoms with Crippen LogP contribution in [0.3, 0.4) is 0 Å². The molecule has 1 heterocycles. The number of rotatable bonds is 2. The van der Waals surface area contributed by atoms with Gasteiger partial charge in [-0.05, 0) is 6.08 Å². The minimum absolute atomic E-state index is 0.114. The molecule has 1 aliphatic rings. The minimum Gasteiger partial charge on any atom is -0.468 e. The number of methoxy groups -OCH3 is 1. The Kier molecular flexibility index (Phi) is 11.5. The van der Waals surface area contributed by atoms with Gasteiger partial charge in [0.15, 0.2) is 0 Å². The fraction of sp³-hybridized carbons (Fsp3) is 0.647. The molecule has 8 nitrogen and oxygen atoms in total. The molecule has 0 aliphatic carbocycles. The van der Waals surface area contributed by atoms with Gasteiger partial charge in [0.1, 0.15) is 12.4 Å². The monoisotopic (exact) mass is 358 g/mol. The quantitative estimate of drug-likeness (QED) is 0.672. The molecule has 0 bridgehead atoms. The molecule has 0 aromatic carbocycles. The van der Waals surface area contributed by atoms with Crippen molar-refractivity contribution in [1.29, 1.82) is 0 Å². The smallest absolute Gasteiger partial charge is 0.314 e. The molecule has 1 atom stereocenters. The average molecular weight is 358 g/mol. The Balaban J connectivity index is 2.73. The van der Waals surface area contributed by atoms with Crippen LogP contribution < -0.4 is 0 Å². The second-order valence-electron chi connectivity index (χ2n) is 5.09. The van der Waals surface area contributed by atoms with Gasteiger partial charge in [-0.2, -0.15) is 0 Å². The van der Waals surface area contributed by atoms with E-state index in [0.29, 0.717) is 45.4 Å². The van der Waals surface area contributed by atoms with E-state index >= 15 is 0 Å². The molecule has 25 heavy (non-hydrogen) atoms. The van der Waals surface area contributed by atoms with Crippen LogP contribution in [0.4, 0.5) is 0 Å². The lowest BCUT2D eigenvalue weighted by atomic mass is 10.1. The zero-order valence-electron chi connectivity index (χ0n) is 14.7. The summed E-state index contributed by atoms with van der Waals surface area (Å²) in [7, 11) is 1.32. The Morgan fingerprint density at radius 1 is 1.00 bits per heavy atom. The van der Waals surface area contributed by atoms with Crippen molar-refractivity contribution in [3.8, 4) is 0 Å². The van der Waals surface area contributed by atoms with Crippen LogP contribution in [0, 0.1) is 5.92 Å². The van der Waals surface area contributed by atoms with Gasteiger partial charge in [-0.15, -0.1) is 0 Å². The van der Waals surface area contributed by atoms with E-state index in [1.54, 1.807) is 18.2 Å². The number of ether oxygens (including phenoxy) is 6. The summed E-state index contributed by atoms with van der Waals surface area (Å²) >= 11 is 0. The van der Waals surface area contributed by atoms with Crippen molar-refractivity contribution in [3.05, 3.63) is 24.0 Å². The van der Waals surface area contributed by atoms with Gasteiger partial charge in [0, 0.05) is 6.92 Å². The highest BCUT2D eigenvalue weighted by Crippen LogP contribution is 2.06. The second kappa shape index (κ2) is 13.5. The highest BCUT2D eigenvalue weighted by atomic mass is 16.6. The average Bonchev–Trinajstić information content (AvgIpc) is 2.59. The largest absolute Gasteiger partial charge is 0.468 e. The van der Waals surface area contributed by atoms with Crippen LogP contribution in [0.25, 0.3) is 0 Å². The van der Waals surface area contributed by atoms with E-state index in [-0.39, 0.29) is 13.2 Å². The van der Waals surface area contributed by atoms with Gasteiger partial charge in [-0.1, -0.05) is 12.2 Å². The molecule has 142 valence electrons. The van der Waals surface area contributed by atoms with Gasteiger partial charge in [-0.3, -0.25) is 9.59 Å². The van der Waals surface area contributed by atoms with Gasteiger partial charge < -0.3 is 28.4 Å². The zero-order valence-corrected chi connectivity index (χ0v) is 14.7. The Labute approximate surface area is 147 Å². The molecule has 8 heteroatoms. The molecule has 0 N–H and O–H groups in total. The van der Waals surface area contributed by atoms with E-state index in [1.807, 2.05) is 0 Å². The number of carbonyl (C=O) groups excluding carboxylic acids is 2. The first kappa shape index (κ1) is 21.3. The summed E-state index contributed by atoms with van der Waals surface area (Å²) in [6, 6.07) is 0. The molecule has 0 saturated heterocycles. The molecule has 0 spiro atoms. The third-order valence-corrected chi connectivity index (χ3v) is 3.06. The van der Waals surface area contributed by atoms with Gasteiger partial charge >= 0.3 is 11.9 Å². The van der Waals surface area contributed by atoms with Crippen molar-refractivity contribution < 1.29 is 38.0 Å². The van der Waals surface area contributed by atoms with Gasteiger partial charge in [0.2, 0.25) is 0 Å². The highest BCUT2D eigenvalue weighted by Gasteiger charge is 2.16. The highest BCUT2D eigenvalue weighted by molar-refractivity contribution is 5.74. The molecule has 0 radical (unpaired) electrons. The molecule has 1 unspecified atom stereocenters. The number of esters is 2. The predicted octanol–water partition coefficient (Wildman–Crippen LogP) is 0.859. The molecule has 0 aromatic rings. The standard InChI is InChI=1S/C17H26O8/c1-14(18)25-16-5-3-4-15(17(19)20-2)12-23-10-8-21-6-7-22-9-11-24-13-16/h3-5,15H,6-13H2,1-2H3/b4-3-,16-5+. The van der Waals surface area contributed by atoms with Gasteiger partial charge in [0.05, 0.1) is 59.3 Å². The maximum absolute atomic E-state index is 11.8. The van der Waals surface area contributed by atoms with Crippen LogP contribution in [-0.4, -0.2) is 71.9 Å². The number of hydrogen-bond donors (Lipinski definition) is 0. The minimum atomic E-state index is -0.570. The van der Waals surface area contributed by atoms with Crippen LogP contribution >= 0.6 is 0 Å². The first-order valence-corrected chi connectivity index (χ1v) is 8.08. The molecule has 1 aliphatic heterocycles. The van der Waals surface area contributed by atoms with Crippen LogP contribution in [0.1, 0.15) is 6.92 Å². The molecule has 0 aromatic heterocycles. The summed E-state index contributed by atoms with van der Waals surface area (Å²) in [5.41, 5.74) is 0. The number of allylic oxidation sites excluding steroid dienone is 2. The molecule has 0 saturated carbocycles. The van der Waals surface area contributed by atoms with E-state index in [1.165, 1.54) is 14.0 Å². The molecule has 1 rings (SSSR count). The Morgan fingerprint density at radius 2 is 1.60 bits per heavy atom. The summed E-state index contributed by atoms with van der Waals surface area (Å²) in [6.07, 6.45) is 4.80. The topological polar surface area (TPSA) is 89.5 Å². The Hall–Kier alpha value is -1.74. The van der Waals surface area contributed by atoms with Crippen LogP contribution in [0.5, 0.6) is 0 Å². The molecular weight excluding hydrogens is 332 g/mol. The third-order valence-electron chi connectivity index (χ3n) is 3.06. The van der Waals surface area contributed by atoms with Crippen molar-refractivity contribution in [2.75, 3.05) is 60.0 Å². The maximum Gasteiger partial charge on any atom is 0.314 e. The van der Waals surface area contributed by atoms with Gasteiger partial charge in [0.25, 0.3) is 0 Å². The lowest BCUT2D eigenvalue weighted by Gasteiger charge is -2.11. The van der Waals surface area contributed by atoms with Gasteiger partial charge in [-0.25, -0.2) is 0 Å². The lowest BCUT2D eigenvalue weighted by Crippen LogP contribution is -2.21. The maximum atomic E-state index is 11.8. The first-order valence-electron chi connectivity index (χ1n) is 8.08. The fourth-order valence-electron chi connectivity index (χ4n) is 1.89. The van der Waals surface area contributed by atoms with Crippen molar-refractivity contribution >= 4 is 11.9 Å². The third kappa shape index (κ3) is 10.7. The summed E-state index contributed by atoms with van der Waals surface area (Å²) in [6.45, 7) is 4.02. The van der Waals surface area contributed by atoms with Crippen LogP contribution in [0.2, 0.25) is 0 Å². The summed E-state index contributed by atoms with van der Waals surface area (Å²) in [5, 5.41) is 0. The normalized spacial score (nSPS) is 25.0. The fourth-order valence-corrected chi connectivity index (χ4v) is 1.89. The molecule has 0 fully saturated rings. The van der Waals surface area contributed by atoms with Crippen molar-refractivity contribution in [2.24, 2.45) is 5.92 Å². The van der Waals surface area contributed by atoms with E-state index in [4.69, 9.17) is 28.4 Å². The Morgan fingerprint density at radius 3 is 2.20 bits per heavy atom. The van der Waals surface area contributed by atoms with Crippen molar-refractivity contribution in [1.82, 2.24) is 0 Å². The van der Waals surface area contributed by atoms with Crippen molar-refractivity contribution in [3.63, 3.8) is 0 Å². The number of hydrogen-bond acceptors (Lipinski definition) is 8. The van der Waals surface area contributed by atoms with E-state index in [2.05, 4.69) is 0 Å². The second-order valence-corrected chi connectivity index (χ2v) is 5.09. The van der Waals surface area contributed by atoms with E-state index in [9.17, 15) is 9.59 Å². The molecular formula is C17H26O8. The first-order chi connectivity index (χ1) is 12.1. The van der Waals surface area contributed by atoms with Crippen LogP contribution in [-0.2, 0) is 38.0 Å². The predicted molar refractivity (Wildman–Crippen MR) is 87.8 cm³/mol. The zero-order chi connectivity index (χ0) is 18.3. The van der Waals surface area contributed by atoms with Crippen molar-refractivity contribution in [2.45, 2.75) is 6.92 Å². The summed E-state index contributed by atoms with van der Waals surface area (Å²) < 4.78 is 31.4. The Bertz CT molecular complexity index is 458. The van der Waals surface area contributed by atoms with Crippen LogP contribution in [0.15, 0.2) is 24.0 Å². The lowest BCUT2D eigenvalue weighted by molar-refractivity contribution is -0.145. The number of carbonyl (C=O) groups is 2. The SMILES string of the molecule is COC(=O)C1/C=C\C=C(\OC(C)=O)COCCOCCOCCOC1. The summed E-state index contributed by atoms with van der Waals surface area (Å²) in [4.78, 5) is 22.9. The molecule has 0 amide bonds. The van der Waals surface area contributed by atoms with E-state index < -0.39 is 17.9 Å². The summed E-state index contributed by atoms with van der Waals surface area (Å²) in [5.74, 6) is -1.10. The van der Waals surface area contributed by atoms with E-state index in [0.717, 1.165) is 0 Å².